The van der Waals surface area contributed by atoms with Gasteiger partial charge in [0.15, 0.2) is 5.69 Å². The molecule has 4 nitrogen and oxygen atoms in total. The quantitative estimate of drug-likeness (QED) is 0.696. The highest BCUT2D eigenvalue weighted by Crippen LogP contribution is 2.33. The first-order chi connectivity index (χ1) is 9.39. The van der Waals surface area contributed by atoms with Crippen molar-refractivity contribution in [3.63, 3.8) is 0 Å². The number of hydrogen-bond donors (Lipinski definition) is 1. The molecular formula is C12H10ClF3N4. The average molecular weight is 303 g/mol. The van der Waals surface area contributed by atoms with Gasteiger partial charge in [0.25, 0.3) is 0 Å². The highest BCUT2D eigenvalue weighted by Gasteiger charge is 2.38. The third-order valence-electron chi connectivity index (χ3n) is 2.44. The highest BCUT2D eigenvalue weighted by molar-refractivity contribution is 6.32. The Bertz CT molecular complexity index is 620. The zero-order chi connectivity index (χ0) is 14.8. The minimum Gasteiger partial charge on any atom is -0.279 e. The van der Waals surface area contributed by atoms with Crippen LogP contribution in [-0.2, 0) is 13.2 Å². The van der Waals surface area contributed by atoms with E-state index in [-0.39, 0.29) is 10.7 Å². The summed E-state index contributed by atoms with van der Waals surface area (Å²) in [5, 5.41) is 6.97. The molecule has 0 fully saturated rings. The summed E-state index contributed by atoms with van der Waals surface area (Å²) in [5.41, 5.74) is 1.93. The monoisotopic (exact) mass is 302 g/mol. The number of aryl methyl sites for hydroxylation is 1. The van der Waals surface area contributed by atoms with Gasteiger partial charge in [0, 0.05) is 7.05 Å². The first-order valence-corrected chi connectivity index (χ1v) is 5.91. The van der Waals surface area contributed by atoms with Crippen LogP contribution in [0.5, 0.6) is 0 Å². The number of benzene rings is 1. The smallest absolute Gasteiger partial charge is 0.279 e. The van der Waals surface area contributed by atoms with E-state index in [1.807, 2.05) is 6.07 Å². The Morgan fingerprint density at radius 1 is 1.30 bits per heavy atom. The van der Waals surface area contributed by atoms with E-state index in [4.69, 9.17) is 11.6 Å². The van der Waals surface area contributed by atoms with E-state index in [9.17, 15) is 13.2 Å². The molecule has 2 rings (SSSR count). The Hall–Kier alpha value is -2.02. The molecule has 0 aliphatic carbocycles. The zero-order valence-electron chi connectivity index (χ0n) is 10.3. The van der Waals surface area contributed by atoms with Gasteiger partial charge in [0.05, 0.1) is 17.5 Å². The molecule has 0 aliphatic heterocycles. The summed E-state index contributed by atoms with van der Waals surface area (Å²) in [7, 11) is 1.33. The molecule has 20 heavy (non-hydrogen) atoms. The van der Waals surface area contributed by atoms with Crippen LogP contribution in [0.1, 0.15) is 11.3 Å². The van der Waals surface area contributed by atoms with Crippen molar-refractivity contribution in [1.29, 1.82) is 0 Å². The molecular weight excluding hydrogens is 293 g/mol. The van der Waals surface area contributed by atoms with Crippen molar-refractivity contribution < 1.29 is 13.2 Å². The number of hydrazone groups is 1. The predicted octanol–water partition coefficient (Wildman–Crippen LogP) is 3.54. The molecule has 0 spiro atoms. The number of nitrogens with zero attached hydrogens (tertiary/aromatic N) is 3. The molecule has 1 aromatic heterocycles. The molecule has 0 saturated carbocycles. The molecule has 0 amide bonds. The van der Waals surface area contributed by atoms with Crippen LogP contribution in [0, 0.1) is 0 Å². The molecule has 0 radical (unpaired) electrons. The van der Waals surface area contributed by atoms with Crippen molar-refractivity contribution in [2.75, 3.05) is 5.43 Å². The lowest BCUT2D eigenvalue weighted by Gasteiger charge is -2.03. The van der Waals surface area contributed by atoms with Crippen LogP contribution < -0.4 is 5.43 Å². The Morgan fingerprint density at radius 2 is 1.95 bits per heavy atom. The molecule has 1 heterocycles. The highest BCUT2D eigenvalue weighted by atomic mass is 35.5. The number of rotatable bonds is 3. The van der Waals surface area contributed by atoms with Crippen molar-refractivity contribution in [1.82, 2.24) is 9.78 Å². The zero-order valence-corrected chi connectivity index (χ0v) is 11.1. The van der Waals surface area contributed by atoms with Gasteiger partial charge in [0.2, 0.25) is 0 Å². The Kier molecular flexibility index (Phi) is 3.99. The van der Waals surface area contributed by atoms with Crippen molar-refractivity contribution in [3.8, 4) is 0 Å². The Balaban J connectivity index is 2.25. The van der Waals surface area contributed by atoms with Crippen LogP contribution in [0.25, 0.3) is 0 Å². The van der Waals surface area contributed by atoms with Crippen molar-refractivity contribution in [3.05, 3.63) is 46.7 Å². The molecule has 0 unspecified atom stereocenters. The largest absolute Gasteiger partial charge is 0.435 e. The lowest BCUT2D eigenvalue weighted by molar-refractivity contribution is -0.141. The fourth-order valence-electron chi connectivity index (χ4n) is 1.53. The molecule has 1 aromatic carbocycles. The third kappa shape index (κ3) is 3.11. The first-order valence-electron chi connectivity index (χ1n) is 5.53. The first kappa shape index (κ1) is 14.4. The van der Waals surface area contributed by atoms with Gasteiger partial charge in [-0.15, -0.1) is 0 Å². The lowest BCUT2D eigenvalue weighted by Crippen LogP contribution is -2.09. The number of aromatic nitrogens is 2. The predicted molar refractivity (Wildman–Crippen MR) is 70.9 cm³/mol. The SMILES string of the molecule is Cn1nc(C(F)(F)F)c(/C=N/Nc2ccccc2)c1Cl. The van der Waals surface area contributed by atoms with E-state index >= 15 is 0 Å². The number of alkyl halides is 3. The molecule has 106 valence electrons. The fourth-order valence-corrected chi connectivity index (χ4v) is 1.70. The van der Waals surface area contributed by atoms with Crippen molar-refractivity contribution >= 4 is 23.5 Å². The van der Waals surface area contributed by atoms with Gasteiger partial charge in [-0.1, -0.05) is 29.8 Å². The summed E-state index contributed by atoms with van der Waals surface area (Å²) in [6.45, 7) is 0. The van der Waals surface area contributed by atoms with Gasteiger partial charge in [-0.05, 0) is 12.1 Å². The summed E-state index contributed by atoms with van der Waals surface area (Å²) in [6.07, 6.45) is -3.58. The van der Waals surface area contributed by atoms with Gasteiger partial charge in [-0.25, -0.2) is 0 Å². The van der Waals surface area contributed by atoms with Crippen LogP contribution in [-0.4, -0.2) is 16.0 Å². The summed E-state index contributed by atoms with van der Waals surface area (Å²) in [6, 6.07) is 8.82. The number of para-hydroxylation sites is 1. The molecule has 8 heteroatoms. The molecule has 0 bridgehead atoms. The maximum atomic E-state index is 12.8. The maximum absolute atomic E-state index is 12.8. The summed E-state index contributed by atoms with van der Waals surface area (Å²) >= 11 is 5.78. The number of hydrogen-bond acceptors (Lipinski definition) is 3. The van der Waals surface area contributed by atoms with Crippen LogP contribution in [0.15, 0.2) is 35.4 Å². The van der Waals surface area contributed by atoms with Crippen molar-refractivity contribution in [2.45, 2.75) is 6.18 Å². The summed E-state index contributed by atoms with van der Waals surface area (Å²) in [4.78, 5) is 0. The number of anilines is 1. The minimum absolute atomic E-state index is 0.129. The standard InChI is InChI=1S/C12H10ClF3N4/c1-20-11(13)9(10(19-20)12(14,15)16)7-17-18-8-5-3-2-4-6-8/h2-7,18H,1H3/b17-7+. The van der Waals surface area contributed by atoms with Crippen LogP contribution in [0.2, 0.25) is 5.15 Å². The summed E-state index contributed by atoms with van der Waals surface area (Å²) in [5.74, 6) is 0. The fraction of sp³-hybridized carbons (Fsp3) is 0.167. The number of halogens is 4. The summed E-state index contributed by atoms with van der Waals surface area (Å²) < 4.78 is 39.3. The van der Waals surface area contributed by atoms with E-state index in [0.29, 0.717) is 5.69 Å². The van der Waals surface area contributed by atoms with Crippen LogP contribution in [0.3, 0.4) is 0 Å². The Morgan fingerprint density at radius 3 is 2.55 bits per heavy atom. The minimum atomic E-state index is -4.58. The number of nitrogens with one attached hydrogen (secondary N) is 1. The second kappa shape index (κ2) is 5.54. The van der Waals surface area contributed by atoms with Crippen LogP contribution in [0.4, 0.5) is 18.9 Å². The third-order valence-corrected chi connectivity index (χ3v) is 2.89. The second-order valence-electron chi connectivity index (χ2n) is 3.91. The van der Waals surface area contributed by atoms with Crippen LogP contribution >= 0.6 is 11.6 Å². The van der Waals surface area contributed by atoms with Gasteiger partial charge in [-0.2, -0.15) is 23.4 Å². The average Bonchev–Trinajstić information content (AvgIpc) is 2.68. The Labute approximate surface area is 117 Å². The van der Waals surface area contributed by atoms with Gasteiger partial charge in [-0.3, -0.25) is 10.1 Å². The molecule has 0 saturated heterocycles. The van der Waals surface area contributed by atoms with E-state index in [2.05, 4.69) is 15.6 Å². The topological polar surface area (TPSA) is 42.2 Å². The normalized spacial score (nSPS) is 12.1. The van der Waals surface area contributed by atoms with Crippen molar-refractivity contribution in [2.24, 2.45) is 12.1 Å². The van der Waals surface area contributed by atoms with E-state index in [0.717, 1.165) is 10.9 Å². The van der Waals surface area contributed by atoms with E-state index in [1.165, 1.54) is 7.05 Å². The van der Waals surface area contributed by atoms with E-state index < -0.39 is 11.9 Å². The lowest BCUT2D eigenvalue weighted by atomic mass is 10.2. The molecule has 1 N–H and O–H groups in total. The molecule has 0 aliphatic rings. The maximum Gasteiger partial charge on any atom is 0.435 e. The molecule has 0 atom stereocenters. The van der Waals surface area contributed by atoms with E-state index in [1.54, 1.807) is 24.3 Å². The van der Waals surface area contributed by atoms with Gasteiger partial charge in [0.1, 0.15) is 5.15 Å². The molecule has 2 aromatic rings. The van der Waals surface area contributed by atoms with Gasteiger partial charge >= 0.3 is 6.18 Å². The second-order valence-corrected chi connectivity index (χ2v) is 4.27. The van der Waals surface area contributed by atoms with Gasteiger partial charge < -0.3 is 0 Å².